The van der Waals surface area contributed by atoms with Crippen molar-refractivity contribution in [3.8, 4) is 5.75 Å². The zero-order valence-electron chi connectivity index (χ0n) is 20.5. The van der Waals surface area contributed by atoms with Gasteiger partial charge in [0, 0.05) is 30.4 Å². The number of hydrogen-bond donors (Lipinski definition) is 1. The third-order valence-corrected chi connectivity index (χ3v) is 6.81. The van der Waals surface area contributed by atoms with Crippen LogP contribution in [0.25, 0.3) is 11.0 Å². The summed E-state index contributed by atoms with van der Waals surface area (Å²) in [4.78, 5) is 30.8. The van der Waals surface area contributed by atoms with Crippen LogP contribution in [0.2, 0.25) is 0 Å². The molecule has 10 heteroatoms. The molecule has 1 aliphatic rings. The number of halogens is 3. The number of amides is 1. The Kier molecular flexibility index (Phi) is 6.56. The van der Waals surface area contributed by atoms with Crippen LogP contribution in [-0.2, 0) is 36.9 Å². The van der Waals surface area contributed by atoms with Crippen LogP contribution < -0.4 is 4.74 Å². The first kappa shape index (κ1) is 25.3. The van der Waals surface area contributed by atoms with E-state index in [0.717, 1.165) is 28.8 Å². The predicted octanol–water partition coefficient (Wildman–Crippen LogP) is 4.94. The van der Waals surface area contributed by atoms with Crippen LogP contribution in [-0.4, -0.2) is 45.1 Å². The predicted molar refractivity (Wildman–Crippen MR) is 133 cm³/mol. The molecule has 5 rings (SSSR count). The van der Waals surface area contributed by atoms with Gasteiger partial charge in [-0.25, -0.2) is 9.78 Å². The summed E-state index contributed by atoms with van der Waals surface area (Å²) in [5.41, 5.74) is 2.95. The van der Waals surface area contributed by atoms with E-state index < -0.39 is 17.7 Å². The van der Waals surface area contributed by atoms with Gasteiger partial charge in [-0.15, -0.1) is 0 Å². The van der Waals surface area contributed by atoms with E-state index in [4.69, 9.17) is 4.74 Å². The molecule has 0 spiro atoms. The molecular formula is C28H24F3N3O4. The summed E-state index contributed by atoms with van der Waals surface area (Å²) in [5.74, 6) is -1.09. The fourth-order valence-electron chi connectivity index (χ4n) is 4.98. The van der Waals surface area contributed by atoms with Crippen LogP contribution in [0.1, 0.15) is 38.3 Å². The van der Waals surface area contributed by atoms with Crippen LogP contribution in [0.5, 0.6) is 5.75 Å². The Labute approximate surface area is 216 Å². The molecular weight excluding hydrogens is 499 g/mol. The highest BCUT2D eigenvalue weighted by molar-refractivity contribution is 5.91. The van der Waals surface area contributed by atoms with E-state index >= 15 is 0 Å². The van der Waals surface area contributed by atoms with Gasteiger partial charge in [0.25, 0.3) is 0 Å². The van der Waals surface area contributed by atoms with Crippen molar-refractivity contribution in [2.24, 2.45) is 0 Å². The lowest BCUT2D eigenvalue weighted by Gasteiger charge is -2.29. The molecule has 0 unspecified atom stereocenters. The van der Waals surface area contributed by atoms with Crippen molar-refractivity contribution in [3.63, 3.8) is 0 Å². The summed E-state index contributed by atoms with van der Waals surface area (Å²) in [6.45, 7) is 0.949. The summed E-state index contributed by atoms with van der Waals surface area (Å²) in [6.07, 6.45) is -2.16. The SMILES string of the molecule is COc1cc(CC(=O)N2CCc3c(n(Cc4cccc(C(F)(F)F)c4)c4ncccc34)C2)ccc1C(=O)O. The molecule has 2 aromatic carbocycles. The van der Waals surface area contributed by atoms with E-state index in [1.807, 2.05) is 16.7 Å². The molecule has 38 heavy (non-hydrogen) atoms. The molecule has 7 nitrogen and oxygen atoms in total. The Morgan fingerprint density at radius 1 is 1.08 bits per heavy atom. The molecule has 0 radical (unpaired) electrons. The third kappa shape index (κ3) is 4.81. The number of benzene rings is 2. The second-order valence-corrected chi connectivity index (χ2v) is 9.17. The van der Waals surface area contributed by atoms with Crippen LogP contribution in [0, 0.1) is 0 Å². The van der Waals surface area contributed by atoms with Gasteiger partial charge in [-0.3, -0.25) is 4.79 Å². The maximum atomic E-state index is 13.3. The number of fused-ring (bicyclic) bond motifs is 3. The van der Waals surface area contributed by atoms with E-state index in [0.29, 0.717) is 29.7 Å². The molecule has 0 fully saturated rings. The lowest BCUT2D eigenvalue weighted by atomic mass is 10.0. The van der Waals surface area contributed by atoms with Crippen LogP contribution in [0.3, 0.4) is 0 Å². The molecule has 4 aromatic rings. The van der Waals surface area contributed by atoms with Crippen molar-refractivity contribution in [2.45, 2.75) is 32.1 Å². The van der Waals surface area contributed by atoms with Crippen molar-refractivity contribution in [3.05, 3.63) is 94.3 Å². The van der Waals surface area contributed by atoms with Crippen molar-refractivity contribution < 1.29 is 32.6 Å². The molecule has 0 saturated carbocycles. The molecule has 0 saturated heterocycles. The second-order valence-electron chi connectivity index (χ2n) is 9.17. The van der Waals surface area contributed by atoms with Gasteiger partial charge in [0.2, 0.25) is 5.91 Å². The molecule has 2 aromatic heterocycles. The van der Waals surface area contributed by atoms with Crippen LogP contribution in [0.4, 0.5) is 13.2 Å². The highest BCUT2D eigenvalue weighted by Gasteiger charge is 2.31. The number of aromatic nitrogens is 2. The van der Waals surface area contributed by atoms with E-state index in [1.165, 1.54) is 19.2 Å². The van der Waals surface area contributed by atoms with Gasteiger partial charge < -0.3 is 19.3 Å². The number of alkyl halides is 3. The van der Waals surface area contributed by atoms with Gasteiger partial charge in [0.1, 0.15) is 17.0 Å². The first-order valence-electron chi connectivity index (χ1n) is 11.9. The van der Waals surface area contributed by atoms with E-state index in [9.17, 15) is 27.9 Å². The zero-order valence-corrected chi connectivity index (χ0v) is 20.5. The quantitative estimate of drug-likeness (QED) is 0.387. The number of methoxy groups -OCH3 is 1. The molecule has 1 aliphatic heterocycles. The minimum atomic E-state index is -4.44. The lowest BCUT2D eigenvalue weighted by molar-refractivity contribution is -0.137. The van der Waals surface area contributed by atoms with Crippen LogP contribution >= 0.6 is 0 Å². The zero-order chi connectivity index (χ0) is 27.0. The monoisotopic (exact) mass is 523 g/mol. The largest absolute Gasteiger partial charge is 0.496 e. The van der Waals surface area contributed by atoms with Gasteiger partial charge >= 0.3 is 12.1 Å². The maximum absolute atomic E-state index is 13.3. The Morgan fingerprint density at radius 2 is 1.89 bits per heavy atom. The van der Waals surface area contributed by atoms with E-state index in [-0.39, 0.29) is 36.7 Å². The van der Waals surface area contributed by atoms with Gasteiger partial charge in [-0.1, -0.05) is 18.2 Å². The van der Waals surface area contributed by atoms with E-state index in [1.54, 1.807) is 29.3 Å². The smallest absolute Gasteiger partial charge is 0.416 e. The molecule has 1 N–H and O–H groups in total. The molecule has 1 amide bonds. The summed E-state index contributed by atoms with van der Waals surface area (Å²) in [6, 6.07) is 13.5. The average molecular weight is 524 g/mol. The number of carboxylic acids is 1. The minimum absolute atomic E-state index is 0.0120. The van der Waals surface area contributed by atoms with Gasteiger partial charge in [0.05, 0.1) is 25.6 Å². The normalized spacial score (nSPS) is 13.4. The number of carbonyl (C=O) groups excluding carboxylic acids is 1. The number of nitrogens with zero attached hydrogens (tertiary/aromatic N) is 3. The number of carboxylic acid groups (broad SMARTS) is 1. The number of aromatic carboxylic acids is 1. The van der Waals surface area contributed by atoms with Gasteiger partial charge in [0.15, 0.2) is 0 Å². The summed E-state index contributed by atoms with van der Waals surface area (Å²) in [5, 5.41) is 10.2. The first-order chi connectivity index (χ1) is 18.2. The number of rotatable bonds is 6. The van der Waals surface area contributed by atoms with Crippen molar-refractivity contribution in [2.75, 3.05) is 13.7 Å². The number of hydrogen-bond acceptors (Lipinski definition) is 4. The Bertz CT molecular complexity index is 1540. The standard InChI is InChI=1S/C28H24F3N3O4/c1-38-24-13-17(7-8-22(24)27(36)37)14-25(35)33-11-9-20-21-6-3-10-32-26(21)34(23(20)16-33)15-18-4-2-5-19(12-18)28(29,30)31/h2-8,10,12-13H,9,11,14-16H2,1H3,(H,36,37). The number of carbonyl (C=O) groups is 2. The maximum Gasteiger partial charge on any atom is 0.416 e. The van der Waals surface area contributed by atoms with Crippen molar-refractivity contribution >= 4 is 22.9 Å². The highest BCUT2D eigenvalue weighted by Crippen LogP contribution is 2.33. The fourth-order valence-corrected chi connectivity index (χ4v) is 4.98. The molecule has 0 aliphatic carbocycles. The highest BCUT2D eigenvalue weighted by atomic mass is 19.4. The first-order valence-corrected chi connectivity index (χ1v) is 11.9. The Morgan fingerprint density at radius 3 is 2.63 bits per heavy atom. The molecule has 0 bridgehead atoms. The van der Waals surface area contributed by atoms with Gasteiger partial charge in [-0.05, 0) is 59.5 Å². The third-order valence-electron chi connectivity index (χ3n) is 6.81. The average Bonchev–Trinajstić information content (AvgIpc) is 3.21. The van der Waals surface area contributed by atoms with E-state index in [2.05, 4.69) is 4.98 Å². The van der Waals surface area contributed by atoms with Crippen LogP contribution in [0.15, 0.2) is 60.8 Å². The number of pyridine rings is 1. The lowest BCUT2D eigenvalue weighted by Crippen LogP contribution is -2.37. The summed E-state index contributed by atoms with van der Waals surface area (Å²) in [7, 11) is 1.37. The minimum Gasteiger partial charge on any atom is -0.496 e. The topological polar surface area (TPSA) is 84.7 Å². The Hall–Kier alpha value is -4.34. The molecule has 0 atom stereocenters. The molecule has 196 valence electrons. The fraction of sp³-hybridized carbons (Fsp3) is 0.250. The van der Waals surface area contributed by atoms with Crippen molar-refractivity contribution in [1.82, 2.24) is 14.5 Å². The molecule has 3 heterocycles. The van der Waals surface area contributed by atoms with Gasteiger partial charge in [-0.2, -0.15) is 13.2 Å². The van der Waals surface area contributed by atoms with Crippen molar-refractivity contribution in [1.29, 1.82) is 0 Å². The summed E-state index contributed by atoms with van der Waals surface area (Å²) >= 11 is 0. The number of ether oxygens (including phenoxy) is 1. The Balaban J connectivity index is 1.44. The second kappa shape index (κ2) is 9.85. The summed E-state index contributed by atoms with van der Waals surface area (Å²) < 4.78 is 47.0.